The molecular formula is C6H6FNO4S2. The quantitative estimate of drug-likeness (QED) is 0.734. The van der Waals surface area contributed by atoms with Gasteiger partial charge in [0.25, 0.3) is 0 Å². The largest absolute Gasteiger partial charge is 0.333 e. The van der Waals surface area contributed by atoms with Crippen LogP contribution in [-0.4, -0.2) is 16.8 Å². The zero-order valence-corrected chi connectivity index (χ0v) is 8.35. The zero-order chi connectivity index (χ0) is 11.0. The Morgan fingerprint density at radius 3 is 1.71 bits per heavy atom. The molecule has 0 amide bonds. The predicted molar refractivity (Wildman–Crippen MR) is 46.1 cm³/mol. The van der Waals surface area contributed by atoms with Crippen LogP contribution in [0.4, 0.5) is 3.89 Å². The lowest BCUT2D eigenvalue weighted by atomic mass is 10.4. The van der Waals surface area contributed by atoms with Gasteiger partial charge in [-0.2, -0.15) is 8.42 Å². The number of nitrogens with two attached hydrogens (primary N) is 1. The molecular weight excluding hydrogens is 233 g/mol. The van der Waals surface area contributed by atoms with Gasteiger partial charge >= 0.3 is 10.2 Å². The number of halogens is 1. The number of primary sulfonamides is 1. The summed E-state index contributed by atoms with van der Waals surface area (Å²) in [5.74, 6) is 0. The summed E-state index contributed by atoms with van der Waals surface area (Å²) in [5, 5.41) is 4.70. The van der Waals surface area contributed by atoms with Crippen LogP contribution in [0.3, 0.4) is 0 Å². The average molecular weight is 239 g/mol. The maximum Gasteiger partial charge on any atom is 0.333 e. The van der Waals surface area contributed by atoms with Gasteiger partial charge in [-0.05, 0) is 12.1 Å². The molecule has 0 bridgehead atoms. The van der Waals surface area contributed by atoms with Gasteiger partial charge < -0.3 is 0 Å². The Bertz CT molecular complexity index is 498. The van der Waals surface area contributed by atoms with Gasteiger partial charge in [0.15, 0.2) is 0 Å². The maximum atomic E-state index is 12.6. The molecule has 0 saturated heterocycles. The molecule has 0 saturated carbocycles. The van der Waals surface area contributed by atoms with Gasteiger partial charge in [0.2, 0.25) is 10.0 Å². The highest BCUT2D eigenvalue weighted by Gasteiger charge is 2.22. The highest BCUT2D eigenvalue weighted by Crippen LogP contribution is 2.20. The molecule has 0 aliphatic rings. The molecule has 0 aliphatic heterocycles. The maximum absolute atomic E-state index is 12.6. The minimum Gasteiger partial charge on any atom is -0.225 e. The molecule has 5 nitrogen and oxygen atoms in total. The van der Waals surface area contributed by atoms with Crippen molar-refractivity contribution in [3.8, 4) is 0 Å². The molecule has 14 heavy (non-hydrogen) atoms. The van der Waals surface area contributed by atoms with Crippen molar-refractivity contribution in [1.29, 1.82) is 0 Å². The van der Waals surface area contributed by atoms with Gasteiger partial charge in [0.05, 0.1) is 0 Å². The lowest BCUT2D eigenvalue weighted by Gasteiger charge is -2.01. The van der Waals surface area contributed by atoms with E-state index in [1.807, 2.05) is 0 Å². The van der Waals surface area contributed by atoms with E-state index in [1.165, 1.54) is 12.1 Å². The Hall–Kier alpha value is -0.990. The predicted octanol–water partition coefficient (Wildman–Crippen LogP) is -0.00780. The van der Waals surface area contributed by atoms with Crippen molar-refractivity contribution in [2.75, 3.05) is 0 Å². The second-order valence-electron chi connectivity index (χ2n) is 2.43. The van der Waals surface area contributed by atoms with Crippen LogP contribution >= 0.6 is 0 Å². The number of hydrogen-bond donors (Lipinski definition) is 1. The van der Waals surface area contributed by atoms with Crippen molar-refractivity contribution in [1.82, 2.24) is 0 Å². The summed E-state index contributed by atoms with van der Waals surface area (Å²) in [5.41, 5.74) is 0. The lowest BCUT2D eigenvalue weighted by molar-refractivity contribution is 0.546. The van der Waals surface area contributed by atoms with Gasteiger partial charge in [-0.3, -0.25) is 0 Å². The minimum atomic E-state index is -5.08. The first kappa shape index (κ1) is 11.1. The molecule has 1 aromatic rings. The third-order valence-electron chi connectivity index (χ3n) is 1.42. The van der Waals surface area contributed by atoms with Crippen molar-refractivity contribution in [2.45, 2.75) is 9.79 Å². The summed E-state index contributed by atoms with van der Waals surface area (Å²) in [4.78, 5) is -1.69. The van der Waals surface area contributed by atoms with E-state index in [-0.39, 0.29) is 0 Å². The van der Waals surface area contributed by atoms with Crippen LogP contribution in [0.15, 0.2) is 34.1 Å². The normalized spacial score (nSPS) is 12.7. The van der Waals surface area contributed by atoms with E-state index in [1.54, 1.807) is 0 Å². The van der Waals surface area contributed by atoms with Crippen LogP contribution < -0.4 is 5.14 Å². The van der Waals surface area contributed by atoms with Crippen LogP contribution in [0.2, 0.25) is 0 Å². The lowest BCUT2D eigenvalue weighted by Crippen LogP contribution is -2.15. The van der Waals surface area contributed by atoms with E-state index in [2.05, 4.69) is 0 Å². The van der Waals surface area contributed by atoms with Crippen molar-refractivity contribution in [2.24, 2.45) is 5.14 Å². The fraction of sp³-hybridized carbons (Fsp3) is 0. The first-order valence-corrected chi connectivity index (χ1v) is 6.22. The molecule has 0 aliphatic carbocycles. The van der Waals surface area contributed by atoms with Crippen LogP contribution in [0, 0.1) is 0 Å². The third-order valence-corrected chi connectivity index (χ3v) is 3.40. The first-order valence-electron chi connectivity index (χ1n) is 3.29. The van der Waals surface area contributed by atoms with Crippen LogP contribution in [0.1, 0.15) is 0 Å². The Labute approximate surface area is 80.6 Å². The molecule has 78 valence electrons. The average Bonchev–Trinajstić information content (AvgIpc) is 2.01. The number of benzene rings is 1. The number of rotatable bonds is 2. The molecule has 0 unspecified atom stereocenters. The van der Waals surface area contributed by atoms with Crippen molar-refractivity contribution >= 4 is 20.2 Å². The Morgan fingerprint density at radius 1 is 1.00 bits per heavy atom. The smallest absolute Gasteiger partial charge is 0.225 e. The molecule has 8 heteroatoms. The summed E-state index contributed by atoms with van der Waals surface area (Å²) in [7, 11) is -9.31. The topological polar surface area (TPSA) is 94.3 Å². The summed E-state index contributed by atoms with van der Waals surface area (Å²) in [6.07, 6.45) is 0. The molecule has 2 N–H and O–H groups in total. The Kier molecular flexibility index (Phi) is 2.61. The molecule has 0 atom stereocenters. The van der Waals surface area contributed by atoms with E-state index in [9.17, 15) is 20.7 Å². The van der Waals surface area contributed by atoms with Crippen LogP contribution in [0.5, 0.6) is 0 Å². The summed E-state index contributed by atoms with van der Waals surface area (Å²) < 4.78 is 55.3. The van der Waals surface area contributed by atoms with Gasteiger partial charge in [-0.1, -0.05) is 12.1 Å². The summed E-state index contributed by atoms with van der Waals surface area (Å²) in [6.45, 7) is 0. The van der Waals surface area contributed by atoms with Gasteiger partial charge in [0, 0.05) is 0 Å². The van der Waals surface area contributed by atoms with Crippen molar-refractivity contribution in [3.05, 3.63) is 24.3 Å². The Balaban J connectivity index is 3.64. The fourth-order valence-electron chi connectivity index (χ4n) is 0.887. The van der Waals surface area contributed by atoms with Gasteiger partial charge in [-0.25, -0.2) is 13.6 Å². The number of hydrogen-bond acceptors (Lipinski definition) is 4. The van der Waals surface area contributed by atoms with Crippen molar-refractivity contribution in [3.63, 3.8) is 0 Å². The molecule has 1 rings (SSSR count). The van der Waals surface area contributed by atoms with E-state index in [4.69, 9.17) is 5.14 Å². The second-order valence-corrected chi connectivity index (χ2v) is 5.27. The van der Waals surface area contributed by atoms with Crippen molar-refractivity contribution < 1.29 is 20.7 Å². The first-order chi connectivity index (χ1) is 6.23. The zero-order valence-electron chi connectivity index (χ0n) is 6.71. The third kappa shape index (κ3) is 2.28. The monoisotopic (exact) mass is 239 g/mol. The van der Waals surface area contributed by atoms with E-state index < -0.39 is 30.0 Å². The Morgan fingerprint density at radius 2 is 1.43 bits per heavy atom. The molecule has 0 heterocycles. The molecule has 1 aromatic carbocycles. The van der Waals surface area contributed by atoms with E-state index in [0.29, 0.717) is 0 Å². The standard InChI is InChI=1S/C6H6FNO4S2/c7-13(9,10)5-3-1-2-4-6(5)14(8,11)12/h1-4H,(H2,8,11,12). The fourth-order valence-corrected chi connectivity index (χ4v) is 2.70. The van der Waals surface area contributed by atoms with Crippen LogP contribution in [0.25, 0.3) is 0 Å². The SMILES string of the molecule is NS(=O)(=O)c1ccccc1S(=O)(=O)F. The summed E-state index contributed by atoms with van der Waals surface area (Å²) in [6, 6.07) is 4.19. The second kappa shape index (κ2) is 3.30. The summed E-state index contributed by atoms with van der Waals surface area (Å²) >= 11 is 0. The highest BCUT2D eigenvalue weighted by atomic mass is 32.3. The van der Waals surface area contributed by atoms with Gasteiger partial charge in [0.1, 0.15) is 9.79 Å². The van der Waals surface area contributed by atoms with Gasteiger partial charge in [-0.15, -0.1) is 3.89 Å². The molecule has 0 aromatic heterocycles. The molecule has 0 fully saturated rings. The molecule has 0 spiro atoms. The van der Waals surface area contributed by atoms with Crippen LogP contribution in [-0.2, 0) is 20.2 Å². The number of sulfonamides is 1. The minimum absolute atomic E-state index is 0.748. The van der Waals surface area contributed by atoms with E-state index in [0.717, 1.165) is 12.1 Å². The highest BCUT2D eigenvalue weighted by molar-refractivity contribution is 7.91. The van der Waals surface area contributed by atoms with E-state index >= 15 is 0 Å². The molecule has 0 radical (unpaired) electrons.